The molecule has 32 heavy (non-hydrogen) atoms. The van der Waals surface area contributed by atoms with Gasteiger partial charge in [0.25, 0.3) is 5.91 Å². The lowest BCUT2D eigenvalue weighted by Gasteiger charge is -2.20. The van der Waals surface area contributed by atoms with E-state index in [9.17, 15) is 9.18 Å². The van der Waals surface area contributed by atoms with E-state index in [4.69, 9.17) is 9.47 Å². The molecule has 2 aromatic carbocycles. The van der Waals surface area contributed by atoms with E-state index in [2.05, 4.69) is 15.6 Å². The van der Waals surface area contributed by atoms with Gasteiger partial charge in [-0.2, -0.15) is 0 Å². The summed E-state index contributed by atoms with van der Waals surface area (Å²) in [6.07, 6.45) is 0.625. The molecule has 0 aromatic heterocycles. The summed E-state index contributed by atoms with van der Waals surface area (Å²) >= 11 is 0. The quantitative estimate of drug-likeness (QED) is 0.411. The molecule has 0 aliphatic heterocycles. The first-order chi connectivity index (χ1) is 15.4. The van der Waals surface area contributed by atoms with Crippen LogP contribution in [0.5, 0.6) is 11.5 Å². The molecule has 0 saturated carbocycles. The van der Waals surface area contributed by atoms with Crippen LogP contribution in [0.1, 0.15) is 25.8 Å². The van der Waals surface area contributed by atoms with Crippen LogP contribution in [-0.4, -0.2) is 56.7 Å². The Morgan fingerprint density at radius 1 is 1.09 bits per heavy atom. The molecule has 2 N–H and O–H groups in total. The van der Waals surface area contributed by atoms with Gasteiger partial charge in [0, 0.05) is 26.7 Å². The van der Waals surface area contributed by atoms with Crippen LogP contribution in [-0.2, 0) is 11.3 Å². The first-order valence-electron chi connectivity index (χ1n) is 10.8. The predicted octanol–water partition coefficient (Wildman–Crippen LogP) is 3.21. The van der Waals surface area contributed by atoms with Crippen molar-refractivity contribution in [1.82, 2.24) is 15.5 Å². The van der Waals surface area contributed by atoms with Gasteiger partial charge in [-0.1, -0.05) is 25.1 Å². The molecule has 0 saturated heterocycles. The van der Waals surface area contributed by atoms with Gasteiger partial charge < -0.3 is 25.0 Å². The number of likely N-dealkylation sites (N-methyl/N-ethyl adjacent to an activating group) is 1. The van der Waals surface area contributed by atoms with Crippen molar-refractivity contribution >= 4 is 11.9 Å². The van der Waals surface area contributed by atoms with Crippen LogP contribution in [0, 0.1) is 5.82 Å². The van der Waals surface area contributed by atoms with Crippen molar-refractivity contribution in [2.45, 2.75) is 32.9 Å². The maximum atomic E-state index is 13.4. The second-order valence-corrected chi connectivity index (χ2v) is 7.41. The Balaban J connectivity index is 1.94. The molecule has 0 radical (unpaired) electrons. The minimum absolute atomic E-state index is 0.00631. The van der Waals surface area contributed by atoms with Crippen molar-refractivity contribution < 1.29 is 18.7 Å². The van der Waals surface area contributed by atoms with E-state index in [1.165, 1.54) is 17.0 Å². The number of carbonyl (C=O) groups is 1. The Morgan fingerprint density at radius 2 is 1.84 bits per heavy atom. The van der Waals surface area contributed by atoms with Crippen LogP contribution in [0.25, 0.3) is 0 Å². The van der Waals surface area contributed by atoms with Crippen molar-refractivity contribution in [3.63, 3.8) is 0 Å². The highest BCUT2D eigenvalue weighted by atomic mass is 19.1. The van der Waals surface area contributed by atoms with Gasteiger partial charge in [-0.05, 0) is 43.2 Å². The average Bonchev–Trinajstić information content (AvgIpc) is 2.78. The van der Waals surface area contributed by atoms with E-state index < -0.39 is 0 Å². The van der Waals surface area contributed by atoms with Crippen molar-refractivity contribution in [2.75, 3.05) is 33.8 Å². The van der Waals surface area contributed by atoms with E-state index >= 15 is 0 Å². The van der Waals surface area contributed by atoms with E-state index in [-0.39, 0.29) is 24.4 Å². The third kappa shape index (κ3) is 8.83. The summed E-state index contributed by atoms with van der Waals surface area (Å²) in [6.45, 7) is 5.68. The topological polar surface area (TPSA) is 75.2 Å². The third-order valence-electron chi connectivity index (χ3n) is 4.57. The molecule has 2 aromatic rings. The first-order valence-corrected chi connectivity index (χ1v) is 10.8. The fourth-order valence-electron chi connectivity index (χ4n) is 2.73. The molecule has 8 heteroatoms. The number of amides is 1. The second kappa shape index (κ2) is 13.2. The zero-order chi connectivity index (χ0) is 23.3. The molecule has 7 nitrogen and oxygen atoms in total. The number of nitrogens with zero attached hydrogens (tertiary/aromatic N) is 2. The normalized spacial score (nSPS) is 12.1. The molecular weight excluding hydrogens is 411 g/mol. The summed E-state index contributed by atoms with van der Waals surface area (Å²) in [5.41, 5.74) is 0.958. The number of hydrogen-bond acceptors (Lipinski definition) is 4. The van der Waals surface area contributed by atoms with Gasteiger partial charge >= 0.3 is 0 Å². The SMILES string of the molecule is CCNC(=NCc1cccc(OCC(=O)N(C)C)c1)NCC(CC)Oc1cccc(F)c1. The number of aliphatic imine (C=N–C) groups is 1. The highest BCUT2D eigenvalue weighted by Gasteiger charge is 2.10. The average molecular weight is 445 g/mol. The number of hydrogen-bond donors (Lipinski definition) is 2. The fraction of sp³-hybridized carbons (Fsp3) is 0.417. The maximum Gasteiger partial charge on any atom is 0.259 e. The van der Waals surface area contributed by atoms with Gasteiger partial charge in [0.15, 0.2) is 12.6 Å². The Morgan fingerprint density at radius 3 is 2.53 bits per heavy atom. The Hall–Kier alpha value is -3.29. The highest BCUT2D eigenvalue weighted by molar-refractivity contribution is 5.79. The van der Waals surface area contributed by atoms with Gasteiger partial charge in [0.05, 0.1) is 13.1 Å². The molecule has 0 bridgehead atoms. The smallest absolute Gasteiger partial charge is 0.259 e. The summed E-state index contributed by atoms with van der Waals surface area (Å²) in [5.74, 6) is 1.36. The number of carbonyl (C=O) groups excluding carboxylic acids is 1. The number of nitrogens with one attached hydrogen (secondary N) is 2. The van der Waals surface area contributed by atoms with E-state index in [1.54, 1.807) is 26.2 Å². The predicted molar refractivity (Wildman–Crippen MR) is 125 cm³/mol. The molecule has 0 fully saturated rings. The van der Waals surface area contributed by atoms with Gasteiger partial charge in [0.2, 0.25) is 0 Å². The van der Waals surface area contributed by atoms with Gasteiger partial charge in [-0.3, -0.25) is 4.79 Å². The number of benzene rings is 2. The van der Waals surface area contributed by atoms with Crippen molar-refractivity contribution in [3.8, 4) is 11.5 Å². The zero-order valence-electron chi connectivity index (χ0n) is 19.2. The second-order valence-electron chi connectivity index (χ2n) is 7.41. The molecule has 1 unspecified atom stereocenters. The summed E-state index contributed by atoms with van der Waals surface area (Å²) in [7, 11) is 3.39. The van der Waals surface area contributed by atoms with Crippen LogP contribution in [0.4, 0.5) is 4.39 Å². The zero-order valence-corrected chi connectivity index (χ0v) is 19.2. The third-order valence-corrected chi connectivity index (χ3v) is 4.57. The molecule has 174 valence electrons. The summed E-state index contributed by atoms with van der Waals surface area (Å²) in [5, 5.41) is 6.50. The lowest BCUT2D eigenvalue weighted by molar-refractivity contribution is -0.130. The molecule has 1 atom stereocenters. The number of rotatable bonds is 11. The van der Waals surface area contributed by atoms with Crippen molar-refractivity contribution in [1.29, 1.82) is 0 Å². The Labute approximate surface area is 189 Å². The van der Waals surface area contributed by atoms with Crippen LogP contribution in [0.2, 0.25) is 0 Å². The molecule has 0 aliphatic rings. The Kier molecular flexibility index (Phi) is 10.3. The van der Waals surface area contributed by atoms with Crippen molar-refractivity contribution in [3.05, 3.63) is 59.9 Å². The highest BCUT2D eigenvalue weighted by Crippen LogP contribution is 2.15. The molecule has 0 heterocycles. The molecule has 2 rings (SSSR count). The van der Waals surface area contributed by atoms with Gasteiger partial charge in [0.1, 0.15) is 23.4 Å². The Bertz CT molecular complexity index is 889. The minimum Gasteiger partial charge on any atom is -0.489 e. The largest absolute Gasteiger partial charge is 0.489 e. The molecule has 0 spiro atoms. The van der Waals surface area contributed by atoms with Crippen molar-refractivity contribution in [2.24, 2.45) is 4.99 Å². The van der Waals surface area contributed by atoms with E-state index in [0.717, 1.165) is 12.0 Å². The molecule has 1 amide bonds. The van der Waals surface area contributed by atoms with Crippen LogP contribution >= 0.6 is 0 Å². The number of halogens is 1. The monoisotopic (exact) mass is 444 g/mol. The minimum atomic E-state index is -0.322. The maximum absolute atomic E-state index is 13.4. The van der Waals surface area contributed by atoms with Gasteiger partial charge in [-0.25, -0.2) is 9.38 Å². The van der Waals surface area contributed by atoms with Crippen LogP contribution in [0.15, 0.2) is 53.5 Å². The fourth-order valence-corrected chi connectivity index (χ4v) is 2.73. The summed E-state index contributed by atoms with van der Waals surface area (Å²) in [4.78, 5) is 17.8. The summed E-state index contributed by atoms with van der Waals surface area (Å²) in [6, 6.07) is 13.7. The van der Waals surface area contributed by atoms with Crippen LogP contribution < -0.4 is 20.1 Å². The van der Waals surface area contributed by atoms with E-state index in [1.807, 2.05) is 38.1 Å². The van der Waals surface area contributed by atoms with Crippen LogP contribution in [0.3, 0.4) is 0 Å². The lowest BCUT2D eigenvalue weighted by Crippen LogP contribution is -2.42. The van der Waals surface area contributed by atoms with Gasteiger partial charge in [-0.15, -0.1) is 0 Å². The standard InChI is InChI=1S/C24H33FN4O3/c1-5-20(32-22-12-8-10-19(25)14-22)16-28-24(26-6-2)27-15-18-9-7-11-21(13-18)31-17-23(30)29(3)4/h7-14,20H,5-6,15-17H2,1-4H3,(H2,26,27,28). The number of guanidine groups is 1. The van der Waals surface area contributed by atoms with E-state index in [0.29, 0.717) is 37.1 Å². The molecular formula is C24H33FN4O3. The summed E-state index contributed by atoms with van der Waals surface area (Å²) < 4.78 is 24.8. The lowest BCUT2D eigenvalue weighted by atomic mass is 10.2. The number of ether oxygens (including phenoxy) is 2. The first kappa shape index (κ1) is 25.0. The molecule has 0 aliphatic carbocycles.